The third-order valence-corrected chi connectivity index (χ3v) is 7.81. The summed E-state index contributed by atoms with van der Waals surface area (Å²) in [6.45, 7) is 2.23. The number of nitrogens with zero attached hydrogens (tertiary/aromatic N) is 2. The first kappa shape index (κ1) is 20.4. The van der Waals surface area contributed by atoms with E-state index in [2.05, 4.69) is 143 Å². The molecule has 0 atom stereocenters. The molecule has 0 saturated carbocycles. The Morgan fingerprint density at radius 1 is 0.378 bits per heavy atom. The van der Waals surface area contributed by atoms with Crippen molar-refractivity contribution in [2.45, 2.75) is 6.92 Å². The minimum absolute atomic E-state index is 1.19. The van der Waals surface area contributed by atoms with Crippen molar-refractivity contribution in [3.63, 3.8) is 0 Å². The fraction of sp³-hybridized carbons (Fsp3) is 0.0286. The summed E-state index contributed by atoms with van der Waals surface area (Å²) in [7, 11) is 0. The normalized spacial score (nSPS) is 11.9. The summed E-state index contributed by atoms with van der Waals surface area (Å²) in [5.41, 5.74) is 8.63. The van der Waals surface area contributed by atoms with E-state index in [4.69, 9.17) is 0 Å². The first-order valence-electron chi connectivity index (χ1n) is 12.8. The second-order valence-electron chi connectivity index (χ2n) is 9.91. The van der Waals surface area contributed by atoms with Crippen LogP contribution in [-0.4, -0.2) is 9.13 Å². The fourth-order valence-corrected chi connectivity index (χ4v) is 6.18. The number of fused-ring (bicyclic) bond motifs is 7. The van der Waals surface area contributed by atoms with E-state index >= 15 is 0 Å². The molecule has 0 amide bonds. The molecule has 0 N–H and O–H groups in total. The predicted molar refractivity (Wildman–Crippen MR) is 157 cm³/mol. The number of para-hydroxylation sites is 4. The van der Waals surface area contributed by atoms with Gasteiger partial charge < -0.3 is 9.13 Å². The van der Waals surface area contributed by atoms with Crippen LogP contribution >= 0.6 is 0 Å². The van der Waals surface area contributed by atoms with Crippen LogP contribution in [0, 0.1) is 6.92 Å². The molecule has 2 heteroatoms. The highest BCUT2D eigenvalue weighted by molar-refractivity contribution is 6.10. The summed E-state index contributed by atoms with van der Waals surface area (Å²) in [5, 5.41) is 7.69. The maximum absolute atomic E-state index is 2.40. The Labute approximate surface area is 214 Å². The highest BCUT2D eigenvalue weighted by Crippen LogP contribution is 2.36. The Balaban J connectivity index is 1.38. The molecule has 8 aromatic rings. The molecule has 0 aliphatic rings. The zero-order valence-corrected chi connectivity index (χ0v) is 20.5. The van der Waals surface area contributed by atoms with Crippen molar-refractivity contribution in [2.75, 3.05) is 0 Å². The van der Waals surface area contributed by atoms with Gasteiger partial charge in [0.05, 0.1) is 22.1 Å². The molecular weight excluding hydrogens is 448 g/mol. The van der Waals surface area contributed by atoms with Crippen LogP contribution in [0.4, 0.5) is 0 Å². The van der Waals surface area contributed by atoms with E-state index in [1.165, 1.54) is 71.3 Å². The molecule has 0 bridgehead atoms. The lowest BCUT2D eigenvalue weighted by Gasteiger charge is -2.14. The molecule has 2 aromatic heterocycles. The summed E-state index contributed by atoms with van der Waals surface area (Å²) in [6.07, 6.45) is 0. The molecule has 0 aliphatic heterocycles. The zero-order valence-electron chi connectivity index (χ0n) is 20.5. The quantitative estimate of drug-likeness (QED) is 0.237. The van der Waals surface area contributed by atoms with Crippen LogP contribution in [0.2, 0.25) is 0 Å². The summed E-state index contributed by atoms with van der Waals surface area (Å²) >= 11 is 0. The standard InChI is InChI=1S/C35H24N2/c1-23-20-26(37-34-16-8-4-12-29(34)30-13-5-9-17-35(30)37)21-24-18-19-25(22-31(23)24)36-32-14-6-2-10-27(32)28-11-3-7-15-33(28)36/h2-22H,1H3. The number of hydrogen-bond donors (Lipinski definition) is 0. The molecule has 6 aromatic carbocycles. The molecule has 2 heterocycles. The van der Waals surface area contributed by atoms with Crippen molar-refractivity contribution < 1.29 is 0 Å². The molecule has 37 heavy (non-hydrogen) atoms. The van der Waals surface area contributed by atoms with Crippen LogP contribution in [0.3, 0.4) is 0 Å². The smallest absolute Gasteiger partial charge is 0.0541 e. The highest BCUT2D eigenvalue weighted by Gasteiger charge is 2.15. The maximum atomic E-state index is 2.40. The molecular formula is C35H24N2. The number of rotatable bonds is 2. The van der Waals surface area contributed by atoms with Gasteiger partial charge in [-0.3, -0.25) is 0 Å². The first-order chi connectivity index (χ1) is 18.3. The largest absolute Gasteiger partial charge is 0.309 e. The summed E-state index contributed by atoms with van der Waals surface area (Å²) < 4.78 is 4.79. The zero-order chi connectivity index (χ0) is 24.5. The van der Waals surface area contributed by atoms with Crippen molar-refractivity contribution in [1.82, 2.24) is 9.13 Å². The SMILES string of the molecule is Cc1cc(-n2c3ccccc3c3ccccc32)cc2ccc(-n3c4ccccc4c4ccccc43)cc12. The second kappa shape index (κ2) is 7.59. The topological polar surface area (TPSA) is 9.86 Å². The number of aromatic nitrogens is 2. The van der Waals surface area contributed by atoms with Gasteiger partial charge in [0.25, 0.3) is 0 Å². The van der Waals surface area contributed by atoms with Gasteiger partial charge in [0.15, 0.2) is 0 Å². The van der Waals surface area contributed by atoms with E-state index in [1.807, 2.05) is 0 Å². The van der Waals surface area contributed by atoms with Gasteiger partial charge in [-0.2, -0.15) is 0 Å². The van der Waals surface area contributed by atoms with E-state index < -0.39 is 0 Å². The Kier molecular flexibility index (Phi) is 4.18. The second-order valence-corrected chi connectivity index (χ2v) is 9.91. The summed E-state index contributed by atoms with van der Waals surface area (Å²) in [5.74, 6) is 0. The number of aryl methyl sites for hydroxylation is 1. The lowest BCUT2D eigenvalue weighted by Crippen LogP contribution is -1.97. The third kappa shape index (κ3) is 2.87. The van der Waals surface area contributed by atoms with Gasteiger partial charge in [0, 0.05) is 32.9 Å². The van der Waals surface area contributed by atoms with Crippen LogP contribution < -0.4 is 0 Å². The van der Waals surface area contributed by atoms with Gasteiger partial charge in [0.2, 0.25) is 0 Å². The Morgan fingerprint density at radius 2 is 0.811 bits per heavy atom. The van der Waals surface area contributed by atoms with Crippen LogP contribution in [0.5, 0.6) is 0 Å². The lowest BCUT2D eigenvalue weighted by atomic mass is 10.0. The summed E-state index contributed by atoms with van der Waals surface area (Å²) in [6, 6.07) is 46.3. The molecule has 0 spiro atoms. The molecule has 0 radical (unpaired) electrons. The van der Waals surface area contributed by atoms with Crippen LogP contribution in [0.15, 0.2) is 127 Å². The molecule has 8 rings (SSSR count). The minimum atomic E-state index is 1.19. The molecule has 0 aliphatic carbocycles. The Bertz CT molecular complexity index is 2050. The van der Waals surface area contributed by atoms with Crippen molar-refractivity contribution >= 4 is 54.4 Å². The van der Waals surface area contributed by atoms with E-state index in [1.54, 1.807) is 0 Å². The maximum Gasteiger partial charge on any atom is 0.0541 e. The highest BCUT2D eigenvalue weighted by atomic mass is 15.0. The van der Waals surface area contributed by atoms with Gasteiger partial charge >= 0.3 is 0 Å². The molecule has 0 saturated heterocycles. The van der Waals surface area contributed by atoms with Gasteiger partial charge in [-0.05, 0) is 71.8 Å². The van der Waals surface area contributed by atoms with Crippen LogP contribution in [0.1, 0.15) is 5.56 Å². The van der Waals surface area contributed by atoms with E-state index in [0.717, 1.165) is 0 Å². The monoisotopic (exact) mass is 472 g/mol. The van der Waals surface area contributed by atoms with Gasteiger partial charge in [0.1, 0.15) is 0 Å². The van der Waals surface area contributed by atoms with Crippen molar-refractivity contribution in [2.24, 2.45) is 0 Å². The molecule has 0 fully saturated rings. The summed E-state index contributed by atoms with van der Waals surface area (Å²) in [4.78, 5) is 0. The van der Waals surface area contributed by atoms with Crippen LogP contribution in [-0.2, 0) is 0 Å². The first-order valence-corrected chi connectivity index (χ1v) is 12.8. The van der Waals surface area contributed by atoms with Crippen molar-refractivity contribution in [3.8, 4) is 11.4 Å². The van der Waals surface area contributed by atoms with Gasteiger partial charge in [-0.15, -0.1) is 0 Å². The average molecular weight is 473 g/mol. The number of hydrogen-bond acceptors (Lipinski definition) is 0. The molecule has 0 unspecified atom stereocenters. The fourth-order valence-electron chi connectivity index (χ4n) is 6.18. The lowest BCUT2D eigenvalue weighted by molar-refractivity contribution is 1.17. The predicted octanol–water partition coefficient (Wildman–Crippen LogP) is 9.34. The Morgan fingerprint density at radius 3 is 1.30 bits per heavy atom. The minimum Gasteiger partial charge on any atom is -0.309 e. The van der Waals surface area contributed by atoms with Gasteiger partial charge in [-0.1, -0.05) is 78.9 Å². The third-order valence-electron chi connectivity index (χ3n) is 7.81. The number of benzene rings is 6. The Hall–Kier alpha value is -4.82. The molecule has 174 valence electrons. The van der Waals surface area contributed by atoms with E-state index in [-0.39, 0.29) is 0 Å². The van der Waals surface area contributed by atoms with Crippen molar-refractivity contribution in [3.05, 3.63) is 133 Å². The van der Waals surface area contributed by atoms with E-state index in [9.17, 15) is 0 Å². The average Bonchev–Trinajstić information content (AvgIpc) is 3.46. The van der Waals surface area contributed by atoms with Crippen molar-refractivity contribution in [1.29, 1.82) is 0 Å². The molecule has 2 nitrogen and oxygen atoms in total. The van der Waals surface area contributed by atoms with Crippen LogP contribution in [0.25, 0.3) is 65.8 Å². The van der Waals surface area contributed by atoms with Gasteiger partial charge in [-0.25, -0.2) is 0 Å². The van der Waals surface area contributed by atoms with E-state index in [0.29, 0.717) is 0 Å².